The van der Waals surface area contributed by atoms with Crippen molar-refractivity contribution in [3.63, 3.8) is 0 Å². The van der Waals surface area contributed by atoms with Crippen LogP contribution < -0.4 is 5.32 Å². The fraction of sp³-hybridized carbons (Fsp3) is 0.417. The quantitative estimate of drug-likeness (QED) is 0.838. The first-order valence-corrected chi connectivity index (χ1v) is 6.29. The van der Waals surface area contributed by atoms with Crippen LogP contribution in [0.15, 0.2) is 22.9 Å². The Morgan fingerprint density at radius 2 is 2.11 bits per heavy atom. The first-order chi connectivity index (χ1) is 8.35. The van der Waals surface area contributed by atoms with Gasteiger partial charge in [-0.15, -0.1) is 0 Å². The van der Waals surface area contributed by atoms with E-state index in [4.69, 9.17) is 5.11 Å². The lowest BCUT2D eigenvalue weighted by Crippen LogP contribution is -2.18. The number of amides is 1. The molecule has 96 valence electrons. The zero-order valence-electron chi connectivity index (χ0n) is 9.98. The number of hydrogen-bond acceptors (Lipinski definition) is 3. The van der Waals surface area contributed by atoms with Gasteiger partial charge in [0.15, 0.2) is 0 Å². The van der Waals surface area contributed by atoms with Crippen molar-refractivity contribution in [2.24, 2.45) is 17.3 Å². The summed E-state index contributed by atoms with van der Waals surface area (Å²) in [6.07, 6.45) is 1.60. The highest BCUT2D eigenvalue weighted by Gasteiger charge is 2.65. The molecule has 0 aromatic carbocycles. The number of nitrogens with zero attached hydrogens (tertiary/aromatic N) is 1. The Kier molecular flexibility index (Phi) is 3.14. The number of aliphatic carboxylic acids is 1. The van der Waals surface area contributed by atoms with Gasteiger partial charge < -0.3 is 10.4 Å². The number of nitrogens with one attached hydrogen (secondary N) is 1. The lowest BCUT2D eigenvalue weighted by molar-refractivity contribution is -0.140. The summed E-state index contributed by atoms with van der Waals surface area (Å²) in [5.41, 5.74) is 0.0549. The molecule has 0 radical (unpaired) electrons. The number of pyridine rings is 1. The van der Waals surface area contributed by atoms with Crippen molar-refractivity contribution in [2.75, 3.05) is 5.32 Å². The number of aromatic nitrogens is 1. The second-order valence-corrected chi connectivity index (χ2v) is 5.70. The Morgan fingerprint density at radius 3 is 2.61 bits per heavy atom. The Balaban J connectivity index is 2.11. The monoisotopic (exact) mass is 312 g/mol. The lowest BCUT2D eigenvalue weighted by atomic mass is 10.1. The van der Waals surface area contributed by atoms with Crippen molar-refractivity contribution in [2.45, 2.75) is 13.8 Å². The molecule has 0 spiro atoms. The summed E-state index contributed by atoms with van der Waals surface area (Å²) in [5, 5.41) is 11.7. The van der Waals surface area contributed by atoms with E-state index in [9.17, 15) is 9.59 Å². The van der Waals surface area contributed by atoms with E-state index >= 15 is 0 Å². The van der Waals surface area contributed by atoms with Gasteiger partial charge in [0.2, 0.25) is 5.91 Å². The minimum atomic E-state index is -0.926. The third-order valence-electron chi connectivity index (χ3n) is 3.39. The minimum absolute atomic E-state index is 0.277. The van der Waals surface area contributed by atoms with Gasteiger partial charge in [-0.1, -0.05) is 13.8 Å². The van der Waals surface area contributed by atoms with Crippen LogP contribution in [0.1, 0.15) is 13.8 Å². The highest BCUT2D eigenvalue weighted by molar-refractivity contribution is 9.10. The van der Waals surface area contributed by atoms with E-state index in [1.165, 1.54) is 0 Å². The van der Waals surface area contributed by atoms with Gasteiger partial charge in [0.25, 0.3) is 0 Å². The maximum atomic E-state index is 12.0. The zero-order valence-corrected chi connectivity index (χ0v) is 11.6. The number of carbonyl (C=O) groups is 2. The molecule has 2 unspecified atom stereocenters. The number of carboxylic acid groups (broad SMARTS) is 1. The molecule has 18 heavy (non-hydrogen) atoms. The van der Waals surface area contributed by atoms with Crippen molar-refractivity contribution in [1.29, 1.82) is 0 Å². The van der Waals surface area contributed by atoms with Crippen molar-refractivity contribution in [3.8, 4) is 0 Å². The van der Waals surface area contributed by atoms with Crippen LogP contribution in [-0.4, -0.2) is 22.0 Å². The van der Waals surface area contributed by atoms with Crippen molar-refractivity contribution in [1.82, 2.24) is 4.98 Å². The SMILES string of the molecule is CC1(C)C(C(=O)O)C1C(=O)Nc1cccnc1Br. The van der Waals surface area contributed by atoms with Crippen LogP contribution in [0.25, 0.3) is 0 Å². The molecule has 0 bridgehead atoms. The summed E-state index contributed by atoms with van der Waals surface area (Å²) in [7, 11) is 0. The van der Waals surface area contributed by atoms with Crippen molar-refractivity contribution in [3.05, 3.63) is 22.9 Å². The molecular weight excluding hydrogens is 300 g/mol. The van der Waals surface area contributed by atoms with E-state index in [-0.39, 0.29) is 5.91 Å². The maximum Gasteiger partial charge on any atom is 0.307 e. The summed E-state index contributed by atoms with van der Waals surface area (Å²) in [6, 6.07) is 3.41. The van der Waals surface area contributed by atoms with Gasteiger partial charge in [0, 0.05) is 6.20 Å². The van der Waals surface area contributed by atoms with E-state index in [0.717, 1.165) is 0 Å². The van der Waals surface area contributed by atoms with E-state index in [0.29, 0.717) is 10.3 Å². The molecule has 1 aliphatic carbocycles. The molecular formula is C12H13BrN2O3. The number of rotatable bonds is 3. The standard InChI is InChI=1S/C12H13BrN2O3/c1-12(2)7(8(12)11(17)18)10(16)15-6-4-3-5-14-9(6)13/h3-5,7-8H,1-2H3,(H,15,16)(H,17,18). The molecule has 0 saturated heterocycles. The van der Waals surface area contributed by atoms with Gasteiger partial charge in [0.05, 0.1) is 17.5 Å². The fourth-order valence-corrected chi connectivity index (χ4v) is 2.63. The molecule has 5 nitrogen and oxygen atoms in total. The van der Waals surface area contributed by atoms with Crippen LogP contribution in [0, 0.1) is 17.3 Å². The van der Waals surface area contributed by atoms with E-state index in [1.807, 2.05) is 0 Å². The van der Waals surface area contributed by atoms with Gasteiger partial charge in [-0.25, -0.2) is 4.98 Å². The van der Waals surface area contributed by atoms with Gasteiger partial charge in [-0.3, -0.25) is 9.59 Å². The third kappa shape index (κ3) is 2.12. The Labute approximate surface area is 113 Å². The molecule has 1 aromatic heterocycles. The Hall–Kier alpha value is -1.43. The molecule has 2 rings (SSSR count). The number of halogens is 1. The van der Waals surface area contributed by atoms with Crippen LogP contribution in [0.5, 0.6) is 0 Å². The number of carboxylic acids is 1. The number of anilines is 1. The Morgan fingerprint density at radius 1 is 1.44 bits per heavy atom. The summed E-state index contributed by atoms with van der Waals surface area (Å²) in [5.74, 6) is -2.32. The normalized spacial score (nSPS) is 24.4. The molecule has 1 aromatic rings. The summed E-state index contributed by atoms with van der Waals surface area (Å²) in [6.45, 7) is 3.57. The molecule has 1 saturated carbocycles. The predicted octanol–water partition coefficient (Wildman–Crippen LogP) is 2.14. The van der Waals surface area contributed by atoms with E-state index < -0.39 is 23.2 Å². The Bertz CT molecular complexity index is 516. The third-order valence-corrected chi connectivity index (χ3v) is 4.02. The second kappa shape index (κ2) is 4.35. The van der Waals surface area contributed by atoms with E-state index in [2.05, 4.69) is 26.2 Å². The molecule has 2 atom stereocenters. The second-order valence-electron chi connectivity index (χ2n) is 4.95. The predicted molar refractivity (Wildman–Crippen MR) is 69.0 cm³/mol. The van der Waals surface area contributed by atoms with E-state index in [1.54, 1.807) is 32.2 Å². The van der Waals surface area contributed by atoms with Gasteiger partial charge >= 0.3 is 5.97 Å². The van der Waals surface area contributed by atoms with Crippen molar-refractivity contribution < 1.29 is 14.7 Å². The first-order valence-electron chi connectivity index (χ1n) is 5.50. The molecule has 2 N–H and O–H groups in total. The topological polar surface area (TPSA) is 79.3 Å². The average molecular weight is 313 g/mol. The van der Waals surface area contributed by atoms with Crippen LogP contribution in [0.4, 0.5) is 5.69 Å². The summed E-state index contributed by atoms with van der Waals surface area (Å²) >= 11 is 3.22. The zero-order chi connectivity index (χ0) is 13.5. The van der Waals surface area contributed by atoms with Gasteiger partial charge in [-0.05, 0) is 33.5 Å². The van der Waals surface area contributed by atoms with Crippen molar-refractivity contribution >= 4 is 33.5 Å². The van der Waals surface area contributed by atoms with Crippen LogP contribution in [0.3, 0.4) is 0 Å². The number of carbonyl (C=O) groups excluding carboxylic acids is 1. The fourth-order valence-electron chi connectivity index (χ4n) is 2.28. The molecule has 6 heteroatoms. The lowest BCUT2D eigenvalue weighted by Gasteiger charge is -2.06. The average Bonchev–Trinajstić information content (AvgIpc) is 2.85. The number of hydrogen-bond donors (Lipinski definition) is 2. The minimum Gasteiger partial charge on any atom is -0.481 e. The smallest absolute Gasteiger partial charge is 0.307 e. The maximum absolute atomic E-state index is 12.0. The first kappa shape index (κ1) is 13.0. The molecule has 1 aliphatic rings. The van der Waals surface area contributed by atoms with Crippen LogP contribution in [0.2, 0.25) is 0 Å². The summed E-state index contributed by atoms with van der Waals surface area (Å²) in [4.78, 5) is 27.0. The molecule has 1 heterocycles. The molecule has 1 amide bonds. The summed E-state index contributed by atoms with van der Waals surface area (Å²) < 4.78 is 0.531. The van der Waals surface area contributed by atoms with Gasteiger partial charge in [0.1, 0.15) is 4.60 Å². The highest BCUT2D eigenvalue weighted by Crippen LogP contribution is 2.58. The van der Waals surface area contributed by atoms with Gasteiger partial charge in [-0.2, -0.15) is 0 Å². The molecule has 0 aliphatic heterocycles. The molecule has 1 fully saturated rings. The van der Waals surface area contributed by atoms with Crippen LogP contribution >= 0.6 is 15.9 Å². The van der Waals surface area contributed by atoms with Crippen LogP contribution in [-0.2, 0) is 9.59 Å². The largest absolute Gasteiger partial charge is 0.481 e. The highest BCUT2D eigenvalue weighted by atomic mass is 79.9.